The zero-order valence-electron chi connectivity index (χ0n) is 13.1. The van der Waals surface area contributed by atoms with Crippen molar-refractivity contribution in [3.05, 3.63) is 41.0 Å². The van der Waals surface area contributed by atoms with Gasteiger partial charge < -0.3 is 10.0 Å². The SMILES string of the molecule is CCC(CC)N(C)C(=O)c1cc(C)cc(/C=C/C(=O)O)c1. The smallest absolute Gasteiger partial charge is 0.328 e. The normalized spacial score (nSPS) is 11.1. The minimum Gasteiger partial charge on any atom is -0.478 e. The minimum atomic E-state index is -1.00. The molecule has 0 atom stereocenters. The summed E-state index contributed by atoms with van der Waals surface area (Å²) in [5.74, 6) is -1.03. The maximum atomic E-state index is 12.5. The van der Waals surface area contributed by atoms with E-state index in [0.717, 1.165) is 30.0 Å². The van der Waals surface area contributed by atoms with Gasteiger partial charge in [-0.3, -0.25) is 4.79 Å². The van der Waals surface area contributed by atoms with Crippen LogP contribution < -0.4 is 0 Å². The Bertz CT molecular complexity index is 545. The molecule has 0 spiro atoms. The number of carbonyl (C=O) groups excluding carboxylic acids is 1. The van der Waals surface area contributed by atoms with E-state index in [1.165, 1.54) is 6.08 Å². The Labute approximate surface area is 126 Å². The first-order valence-corrected chi connectivity index (χ1v) is 7.18. The molecule has 0 bridgehead atoms. The molecule has 4 nitrogen and oxygen atoms in total. The number of carbonyl (C=O) groups is 2. The van der Waals surface area contributed by atoms with Gasteiger partial charge in [-0.2, -0.15) is 0 Å². The van der Waals surface area contributed by atoms with E-state index in [9.17, 15) is 9.59 Å². The number of hydrogen-bond acceptors (Lipinski definition) is 2. The molecular formula is C17H23NO3. The Morgan fingerprint density at radius 2 is 1.86 bits per heavy atom. The van der Waals surface area contributed by atoms with Crippen LogP contribution in [-0.2, 0) is 4.79 Å². The fourth-order valence-corrected chi connectivity index (χ4v) is 2.41. The van der Waals surface area contributed by atoms with Gasteiger partial charge in [0, 0.05) is 24.7 Å². The molecule has 0 saturated carbocycles. The number of carboxylic acid groups (broad SMARTS) is 1. The summed E-state index contributed by atoms with van der Waals surface area (Å²) in [4.78, 5) is 24.9. The molecule has 0 unspecified atom stereocenters. The van der Waals surface area contributed by atoms with Gasteiger partial charge in [-0.15, -0.1) is 0 Å². The van der Waals surface area contributed by atoms with Crippen molar-refractivity contribution in [2.75, 3.05) is 7.05 Å². The zero-order chi connectivity index (χ0) is 16.0. The van der Waals surface area contributed by atoms with Gasteiger partial charge in [-0.1, -0.05) is 19.9 Å². The first kappa shape index (κ1) is 17.0. The second-order valence-electron chi connectivity index (χ2n) is 5.19. The lowest BCUT2D eigenvalue weighted by Gasteiger charge is -2.26. The summed E-state index contributed by atoms with van der Waals surface area (Å²) in [7, 11) is 1.81. The zero-order valence-corrected chi connectivity index (χ0v) is 13.1. The van der Waals surface area contributed by atoms with E-state index in [0.29, 0.717) is 5.56 Å². The molecule has 0 heterocycles. The maximum absolute atomic E-state index is 12.5. The number of aryl methyl sites for hydroxylation is 1. The highest BCUT2D eigenvalue weighted by molar-refractivity contribution is 5.95. The molecule has 0 aliphatic heterocycles. The lowest BCUT2D eigenvalue weighted by molar-refractivity contribution is -0.131. The van der Waals surface area contributed by atoms with Crippen LogP contribution in [0.15, 0.2) is 24.3 Å². The highest BCUT2D eigenvalue weighted by atomic mass is 16.4. The Morgan fingerprint density at radius 3 is 2.38 bits per heavy atom. The molecule has 1 aromatic rings. The van der Waals surface area contributed by atoms with Crippen LogP contribution in [0.25, 0.3) is 6.08 Å². The van der Waals surface area contributed by atoms with Crippen molar-refractivity contribution in [1.82, 2.24) is 4.90 Å². The van der Waals surface area contributed by atoms with Gasteiger partial charge in [-0.05, 0) is 49.1 Å². The third kappa shape index (κ3) is 4.74. The van der Waals surface area contributed by atoms with E-state index >= 15 is 0 Å². The molecule has 1 rings (SSSR count). The van der Waals surface area contributed by atoms with E-state index in [1.54, 1.807) is 11.0 Å². The molecule has 0 aliphatic rings. The van der Waals surface area contributed by atoms with Crippen molar-refractivity contribution in [2.24, 2.45) is 0 Å². The molecule has 0 saturated heterocycles. The third-order valence-electron chi connectivity index (χ3n) is 3.58. The van der Waals surface area contributed by atoms with Gasteiger partial charge in [0.15, 0.2) is 0 Å². The molecule has 0 aliphatic carbocycles. The van der Waals surface area contributed by atoms with Gasteiger partial charge in [-0.25, -0.2) is 4.79 Å². The maximum Gasteiger partial charge on any atom is 0.328 e. The Balaban J connectivity index is 3.07. The average Bonchev–Trinajstić information content (AvgIpc) is 2.44. The highest BCUT2D eigenvalue weighted by Gasteiger charge is 2.18. The van der Waals surface area contributed by atoms with Crippen LogP contribution in [0.5, 0.6) is 0 Å². The lowest BCUT2D eigenvalue weighted by Crippen LogP contribution is -2.36. The van der Waals surface area contributed by atoms with E-state index < -0.39 is 5.97 Å². The quantitative estimate of drug-likeness (QED) is 0.817. The van der Waals surface area contributed by atoms with E-state index in [-0.39, 0.29) is 11.9 Å². The topological polar surface area (TPSA) is 57.6 Å². The molecule has 0 radical (unpaired) electrons. The number of rotatable bonds is 6. The Morgan fingerprint density at radius 1 is 1.24 bits per heavy atom. The van der Waals surface area contributed by atoms with Gasteiger partial charge in [0.25, 0.3) is 5.91 Å². The monoisotopic (exact) mass is 289 g/mol. The molecular weight excluding hydrogens is 266 g/mol. The number of carboxylic acids is 1. The van der Waals surface area contributed by atoms with Crippen LogP contribution >= 0.6 is 0 Å². The van der Waals surface area contributed by atoms with Gasteiger partial charge in [0.05, 0.1) is 0 Å². The summed E-state index contributed by atoms with van der Waals surface area (Å²) in [5.41, 5.74) is 2.25. The summed E-state index contributed by atoms with van der Waals surface area (Å²) in [6.45, 7) is 6.02. The van der Waals surface area contributed by atoms with Gasteiger partial charge in [0.2, 0.25) is 0 Å². The van der Waals surface area contributed by atoms with Crippen LogP contribution in [0.4, 0.5) is 0 Å². The molecule has 4 heteroatoms. The van der Waals surface area contributed by atoms with Crippen molar-refractivity contribution >= 4 is 18.0 Å². The summed E-state index contributed by atoms with van der Waals surface area (Å²) in [5, 5.41) is 8.69. The summed E-state index contributed by atoms with van der Waals surface area (Å²) in [6.07, 6.45) is 4.41. The van der Waals surface area contributed by atoms with Gasteiger partial charge in [0.1, 0.15) is 0 Å². The molecule has 21 heavy (non-hydrogen) atoms. The van der Waals surface area contributed by atoms with Crippen LogP contribution in [0, 0.1) is 6.92 Å². The fourth-order valence-electron chi connectivity index (χ4n) is 2.41. The molecule has 0 aromatic heterocycles. The first-order chi connectivity index (χ1) is 9.88. The summed E-state index contributed by atoms with van der Waals surface area (Å²) < 4.78 is 0. The van der Waals surface area contributed by atoms with E-state index in [2.05, 4.69) is 13.8 Å². The highest BCUT2D eigenvalue weighted by Crippen LogP contribution is 2.16. The number of nitrogens with zero attached hydrogens (tertiary/aromatic N) is 1. The van der Waals surface area contributed by atoms with Crippen LogP contribution in [0.1, 0.15) is 48.2 Å². The molecule has 0 fully saturated rings. The number of amides is 1. The largest absolute Gasteiger partial charge is 0.478 e. The first-order valence-electron chi connectivity index (χ1n) is 7.18. The molecule has 1 N–H and O–H groups in total. The fraction of sp³-hybridized carbons (Fsp3) is 0.412. The predicted molar refractivity (Wildman–Crippen MR) is 84.3 cm³/mol. The van der Waals surface area contributed by atoms with E-state index in [4.69, 9.17) is 5.11 Å². The van der Waals surface area contributed by atoms with Crippen molar-refractivity contribution in [3.63, 3.8) is 0 Å². The average molecular weight is 289 g/mol. The molecule has 1 aromatic carbocycles. The Hall–Kier alpha value is -2.10. The van der Waals surface area contributed by atoms with Crippen LogP contribution in [0.2, 0.25) is 0 Å². The third-order valence-corrected chi connectivity index (χ3v) is 3.58. The second kappa shape index (κ2) is 7.62. The second-order valence-corrected chi connectivity index (χ2v) is 5.19. The van der Waals surface area contributed by atoms with Crippen molar-refractivity contribution < 1.29 is 14.7 Å². The standard InChI is InChI=1S/C17H23NO3/c1-5-15(6-2)18(4)17(21)14-10-12(3)9-13(11-14)7-8-16(19)20/h7-11,15H,5-6H2,1-4H3,(H,19,20)/b8-7+. The number of aliphatic carboxylic acids is 1. The predicted octanol–water partition coefficient (Wildman–Crippen LogP) is 3.35. The number of hydrogen-bond donors (Lipinski definition) is 1. The van der Waals surface area contributed by atoms with Crippen molar-refractivity contribution in [1.29, 1.82) is 0 Å². The van der Waals surface area contributed by atoms with E-state index in [1.807, 2.05) is 26.1 Å². The summed E-state index contributed by atoms with van der Waals surface area (Å²) >= 11 is 0. The minimum absolute atomic E-state index is 0.0302. The van der Waals surface area contributed by atoms with Crippen LogP contribution in [-0.4, -0.2) is 35.0 Å². The molecule has 114 valence electrons. The van der Waals surface area contributed by atoms with Crippen LogP contribution in [0.3, 0.4) is 0 Å². The molecule has 1 amide bonds. The number of benzene rings is 1. The van der Waals surface area contributed by atoms with Gasteiger partial charge >= 0.3 is 5.97 Å². The van der Waals surface area contributed by atoms with Crippen molar-refractivity contribution in [3.8, 4) is 0 Å². The van der Waals surface area contributed by atoms with Crippen molar-refractivity contribution in [2.45, 2.75) is 39.7 Å². The Kier molecular flexibility index (Phi) is 6.15. The summed E-state index contributed by atoms with van der Waals surface area (Å²) in [6, 6.07) is 5.64. The lowest BCUT2D eigenvalue weighted by atomic mass is 10.0.